The summed E-state index contributed by atoms with van der Waals surface area (Å²) >= 11 is 0. The fraction of sp³-hybridized carbons (Fsp3) is 0.333. The molecule has 0 spiro atoms. The number of rotatable bonds is 11. The molecule has 39 heavy (non-hydrogen) atoms. The van der Waals surface area contributed by atoms with Crippen LogP contribution in [0.2, 0.25) is 0 Å². The van der Waals surface area contributed by atoms with Crippen molar-refractivity contribution in [1.29, 1.82) is 0 Å². The summed E-state index contributed by atoms with van der Waals surface area (Å²) in [6.07, 6.45) is 0.311. The molecule has 1 unspecified atom stereocenters. The van der Waals surface area contributed by atoms with Crippen molar-refractivity contribution < 1.29 is 24.0 Å². The Kier molecular flexibility index (Phi) is 9.65. The Bertz CT molecular complexity index is 1300. The Labute approximate surface area is 228 Å². The van der Waals surface area contributed by atoms with E-state index >= 15 is 0 Å². The van der Waals surface area contributed by atoms with Crippen LogP contribution in [0.15, 0.2) is 72.8 Å². The summed E-state index contributed by atoms with van der Waals surface area (Å²) in [5, 5.41) is 14.2. The zero-order chi connectivity index (χ0) is 28.6. The van der Waals surface area contributed by atoms with Gasteiger partial charge in [-0.3, -0.25) is 19.7 Å². The van der Waals surface area contributed by atoms with Gasteiger partial charge >= 0.3 is 5.69 Å². The van der Waals surface area contributed by atoms with Crippen LogP contribution in [-0.2, 0) is 22.6 Å². The van der Waals surface area contributed by atoms with E-state index in [1.54, 1.807) is 0 Å². The molecule has 1 atom stereocenters. The first-order valence-corrected chi connectivity index (χ1v) is 12.6. The minimum atomic E-state index is -0.811. The highest BCUT2D eigenvalue weighted by atomic mass is 16.6. The zero-order valence-electron chi connectivity index (χ0n) is 23.0. The second kappa shape index (κ2) is 12.9. The topological polar surface area (TPSA) is 111 Å². The van der Waals surface area contributed by atoms with Crippen LogP contribution in [0.5, 0.6) is 11.5 Å². The number of nitro benzene ring substituents is 1. The summed E-state index contributed by atoms with van der Waals surface area (Å²) in [5.74, 6) is -0.420. The first-order valence-electron chi connectivity index (χ1n) is 12.6. The first kappa shape index (κ1) is 29.2. The van der Waals surface area contributed by atoms with Crippen molar-refractivity contribution in [3.8, 4) is 11.5 Å². The van der Waals surface area contributed by atoms with E-state index < -0.39 is 22.4 Å². The van der Waals surface area contributed by atoms with Gasteiger partial charge in [0.2, 0.25) is 11.7 Å². The lowest BCUT2D eigenvalue weighted by molar-refractivity contribution is -0.385. The van der Waals surface area contributed by atoms with Crippen LogP contribution in [0.3, 0.4) is 0 Å². The van der Waals surface area contributed by atoms with E-state index in [2.05, 4.69) is 5.32 Å². The van der Waals surface area contributed by atoms with Gasteiger partial charge in [-0.05, 0) is 44.9 Å². The number of benzene rings is 3. The van der Waals surface area contributed by atoms with E-state index in [0.717, 1.165) is 16.7 Å². The van der Waals surface area contributed by atoms with Gasteiger partial charge in [0, 0.05) is 30.6 Å². The van der Waals surface area contributed by atoms with Gasteiger partial charge in [-0.15, -0.1) is 0 Å². The SMILES string of the molecule is COc1cc(OCC(=O)N(Cc2cccc(C)c2)C(Cc2ccccc2)C(=O)NC(C)(C)C)ccc1[N+](=O)[O-]. The van der Waals surface area contributed by atoms with Gasteiger partial charge < -0.3 is 19.7 Å². The number of carbonyl (C=O) groups excluding carboxylic acids is 2. The number of hydrogen-bond donors (Lipinski definition) is 1. The largest absolute Gasteiger partial charge is 0.490 e. The molecular weight excluding hydrogens is 498 g/mol. The number of methoxy groups -OCH3 is 1. The third-order valence-electron chi connectivity index (χ3n) is 5.91. The molecule has 0 aliphatic heterocycles. The second-order valence-electron chi connectivity index (χ2n) is 10.3. The Morgan fingerprint density at radius 3 is 2.31 bits per heavy atom. The van der Waals surface area contributed by atoms with E-state index in [4.69, 9.17) is 9.47 Å². The molecule has 0 aliphatic rings. The maximum Gasteiger partial charge on any atom is 0.311 e. The molecule has 2 amide bonds. The Balaban J connectivity index is 1.94. The number of aryl methyl sites for hydroxylation is 1. The Morgan fingerprint density at radius 1 is 1.00 bits per heavy atom. The van der Waals surface area contributed by atoms with Crippen LogP contribution in [0.1, 0.15) is 37.5 Å². The van der Waals surface area contributed by atoms with Crippen LogP contribution in [0, 0.1) is 17.0 Å². The molecule has 1 N–H and O–H groups in total. The highest BCUT2D eigenvalue weighted by molar-refractivity contribution is 5.89. The standard InChI is InChI=1S/C30H35N3O6/c1-21-10-9-13-23(16-21)19-32(26(29(35)31-30(2,3)4)17-22-11-7-6-8-12-22)28(34)20-39-24-14-15-25(33(36)37)27(18-24)38-5/h6-16,18,26H,17,19-20H2,1-5H3,(H,31,35). The molecular formula is C30H35N3O6. The van der Waals surface area contributed by atoms with E-state index in [-0.39, 0.29) is 36.2 Å². The van der Waals surface area contributed by atoms with Crippen LogP contribution < -0.4 is 14.8 Å². The van der Waals surface area contributed by atoms with Crippen molar-refractivity contribution in [3.05, 3.63) is 99.6 Å². The Morgan fingerprint density at radius 2 is 1.69 bits per heavy atom. The molecule has 3 aromatic rings. The van der Waals surface area contributed by atoms with Gasteiger partial charge in [0.05, 0.1) is 12.0 Å². The maximum absolute atomic E-state index is 13.7. The number of carbonyl (C=O) groups is 2. The van der Waals surface area contributed by atoms with Gasteiger partial charge in [0.1, 0.15) is 11.8 Å². The summed E-state index contributed by atoms with van der Waals surface area (Å²) in [6, 6.07) is 20.5. The molecule has 0 saturated heterocycles. The number of nitrogens with zero attached hydrogens (tertiary/aromatic N) is 2. The van der Waals surface area contributed by atoms with Crippen LogP contribution >= 0.6 is 0 Å². The van der Waals surface area contributed by atoms with Crippen molar-refractivity contribution in [2.75, 3.05) is 13.7 Å². The summed E-state index contributed by atoms with van der Waals surface area (Å²) < 4.78 is 10.8. The molecule has 0 saturated carbocycles. The average molecular weight is 534 g/mol. The van der Waals surface area contributed by atoms with E-state index in [1.807, 2.05) is 82.3 Å². The fourth-order valence-electron chi connectivity index (χ4n) is 4.14. The highest BCUT2D eigenvalue weighted by Gasteiger charge is 2.32. The molecule has 206 valence electrons. The van der Waals surface area contributed by atoms with Gasteiger partial charge in [-0.1, -0.05) is 60.2 Å². The molecule has 0 radical (unpaired) electrons. The van der Waals surface area contributed by atoms with Gasteiger partial charge in [-0.25, -0.2) is 0 Å². The lowest BCUT2D eigenvalue weighted by Crippen LogP contribution is -2.55. The number of amides is 2. The fourth-order valence-corrected chi connectivity index (χ4v) is 4.14. The van der Waals surface area contributed by atoms with Gasteiger partial charge in [-0.2, -0.15) is 0 Å². The normalized spacial score (nSPS) is 11.8. The molecule has 0 bridgehead atoms. The van der Waals surface area contributed by atoms with Crippen molar-refractivity contribution >= 4 is 17.5 Å². The van der Waals surface area contributed by atoms with Crippen molar-refractivity contribution in [2.45, 2.75) is 52.2 Å². The lowest BCUT2D eigenvalue weighted by atomic mass is 10.0. The predicted octanol–water partition coefficient (Wildman–Crippen LogP) is 4.85. The highest BCUT2D eigenvalue weighted by Crippen LogP contribution is 2.31. The third kappa shape index (κ3) is 8.56. The second-order valence-corrected chi connectivity index (χ2v) is 10.3. The Hall–Kier alpha value is -4.40. The number of ether oxygens (including phenoxy) is 2. The summed E-state index contributed by atoms with van der Waals surface area (Å²) in [5.41, 5.74) is 2.11. The smallest absolute Gasteiger partial charge is 0.311 e. The number of nitro groups is 1. The minimum Gasteiger partial charge on any atom is -0.490 e. The van der Waals surface area contributed by atoms with Crippen LogP contribution in [-0.4, -0.2) is 46.9 Å². The van der Waals surface area contributed by atoms with E-state index in [0.29, 0.717) is 6.42 Å². The summed E-state index contributed by atoms with van der Waals surface area (Å²) in [6.45, 7) is 7.46. The summed E-state index contributed by atoms with van der Waals surface area (Å²) in [4.78, 5) is 39.5. The third-order valence-corrected chi connectivity index (χ3v) is 5.91. The van der Waals surface area contributed by atoms with Crippen LogP contribution in [0.4, 0.5) is 5.69 Å². The van der Waals surface area contributed by atoms with Gasteiger partial charge in [0.25, 0.3) is 5.91 Å². The summed E-state index contributed by atoms with van der Waals surface area (Å²) in [7, 11) is 1.32. The van der Waals surface area contributed by atoms with Crippen molar-refractivity contribution in [3.63, 3.8) is 0 Å². The van der Waals surface area contributed by atoms with E-state index in [9.17, 15) is 19.7 Å². The van der Waals surface area contributed by atoms with E-state index in [1.165, 1.54) is 30.2 Å². The molecule has 0 aliphatic carbocycles. The van der Waals surface area contributed by atoms with Gasteiger partial charge in [0.15, 0.2) is 6.61 Å². The molecule has 9 nitrogen and oxygen atoms in total. The molecule has 3 aromatic carbocycles. The minimum absolute atomic E-state index is 0.0214. The molecule has 0 fully saturated rings. The monoisotopic (exact) mass is 533 g/mol. The molecule has 0 heterocycles. The van der Waals surface area contributed by atoms with Crippen LogP contribution in [0.25, 0.3) is 0 Å². The first-order chi connectivity index (χ1) is 18.5. The van der Waals surface area contributed by atoms with Crippen molar-refractivity contribution in [1.82, 2.24) is 10.2 Å². The zero-order valence-corrected chi connectivity index (χ0v) is 23.0. The number of nitrogens with one attached hydrogen (secondary N) is 1. The maximum atomic E-state index is 13.7. The quantitative estimate of drug-likeness (QED) is 0.279. The van der Waals surface area contributed by atoms with Crippen molar-refractivity contribution in [2.24, 2.45) is 0 Å². The molecule has 3 rings (SSSR count). The molecule has 0 aromatic heterocycles. The molecule has 9 heteroatoms. The predicted molar refractivity (Wildman–Crippen MR) is 149 cm³/mol. The average Bonchev–Trinajstić information content (AvgIpc) is 2.88. The number of hydrogen-bond acceptors (Lipinski definition) is 6. The lowest BCUT2D eigenvalue weighted by Gasteiger charge is -2.33.